The minimum atomic E-state index is -0.510. The highest BCUT2D eigenvalue weighted by atomic mass is 35.5. The number of aromatic nitrogens is 4. The highest BCUT2D eigenvalue weighted by molar-refractivity contribution is 7.97. The number of fused-ring (bicyclic) bond motifs is 1. The van der Waals surface area contributed by atoms with E-state index >= 15 is 0 Å². The lowest BCUT2D eigenvalue weighted by atomic mass is 9.93. The number of nitrogens with one attached hydrogen (secondary N) is 2. The number of carbonyl (C=O) groups is 2. The summed E-state index contributed by atoms with van der Waals surface area (Å²) in [5, 5.41) is 8.63. The third-order valence-electron chi connectivity index (χ3n) is 10.7. The number of rotatable bonds is 12. The predicted molar refractivity (Wildman–Crippen MR) is 189 cm³/mol. The molecular weight excluding hydrogens is 662 g/mol. The first-order valence-electron chi connectivity index (χ1n) is 17.3. The zero-order chi connectivity index (χ0) is 34.6. The molecule has 2 amide bonds. The second-order valence-electron chi connectivity index (χ2n) is 15.7. The van der Waals surface area contributed by atoms with Gasteiger partial charge >= 0.3 is 6.09 Å². The maximum Gasteiger partial charge on any atom is 0.410 e. The Morgan fingerprint density at radius 1 is 1.06 bits per heavy atom. The topological polar surface area (TPSA) is 124 Å². The monoisotopic (exact) mass is 707 g/mol. The number of hydrogen-bond donors (Lipinski definition) is 2. The van der Waals surface area contributed by atoms with Crippen molar-refractivity contribution in [2.45, 2.75) is 95.7 Å². The number of nitrogens with zero attached hydrogens (tertiary/aromatic N) is 5. The molecule has 3 aromatic rings. The van der Waals surface area contributed by atoms with Crippen LogP contribution in [0.2, 0.25) is 5.15 Å². The Morgan fingerprint density at radius 2 is 1.82 bits per heavy atom. The molecule has 3 aliphatic carbocycles. The minimum Gasteiger partial charge on any atom is -0.476 e. The predicted octanol–water partition coefficient (Wildman–Crippen LogP) is 7.55. The van der Waals surface area contributed by atoms with Crippen molar-refractivity contribution < 1.29 is 19.1 Å². The van der Waals surface area contributed by atoms with Crippen LogP contribution in [0.3, 0.4) is 0 Å². The summed E-state index contributed by atoms with van der Waals surface area (Å²) >= 11 is 7.57. The van der Waals surface area contributed by atoms with Gasteiger partial charge in [-0.1, -0.05) is 17.7 Å². The molecule has 4 aliphatic rings. The Labute approximate surface area is 297 Å². The van der Waals surface area contributed by atoms with Crippen molar-refractivity contribution >= 4 is 41.4 Å². The molecule has 1 saturated heterocycles. The number of ether oxygens (including phenoxy) is 2. The van der Waals surface area contributed by atoms with Crippen LogP contribution < -0.4 is 14.8 Å². The molecular formula is C36H46ClN7O4S. The smallest absolute Gasteiger partial charge is 0.410 e. The van der Waals surface area contributed by atoms with Gasteiger partial charge in [-0.25, -0.2) is 19.4 Å². The Hall–Kier alpha value is -3.51. The van der Waals surface area contributed by atoms with E-state index in [2.05, 4.69) is 39.0 Å². The summed E-state index contributed by atoms with van der Waals surface area (Å²) in [5.74, 6) is 2.53. The molecule has 2 N–H and O–H groups in total. The maximum absolute atomic E-state index is 13.0. The standard InChI is InChI=1S/C36H46ClN7O4S/c1-33(2,3)48-32(46)43-21-23(20-34(43,4)5)8-7-18-38-26-9-6-10-29(39-26)49-42-31(45)24-11-12-27(40-30(24)37)44-19-13-28(41-44)47-22-25-35(14-15-35)36(25)16-17-36/h6,9-13,19,23,25H,7-8,14-18,20-22H2,1-5H3,(H,38,39)(H,42,45). The minimum absolute atomic E-state index is 0.0844. The van der Waals surface area contributed by atoms with Gasteiger partial charge in [-0.2, -0.15) is 0 Å². The van der Waals surface area contributed by atoms with Crippen LogP contribution in [-0.2, 0) is 4.74 Å². The fraction of sp³-hybridized carbons (Fsp3) is 0.583. The van der Waals surface area contributed by atoms with E-state index < -0.39 is 5.60 Å². The van der Waals surface area contributed by atoms with E-state index in [1.54, 1.807) is 23.0 Å². The lowest BCUT2D eigenvalue weighted by Crippen LogP contribution is -2.45. The van der Waals surface area contributed by atoms with Gasteiger partial charge in [0.2, 0.25) is 5.88 Å². The average molecular weight is 708 g/mol. The van der Waals surface area contributed by atoms with Crippen molar-refractivity contribution in [3.8, 4) is 11.7 Å². The van der Waals surface area contributed by atoms with Gasteiger partial charge in [-0.15, -0.1) is 5.10 Å². The van der Waals surface area contributed by atoms with Gasteiger partial charge in [0.05, 0.1) is 12.2 Å². The summed E-state index contributed by atoms with van der Waals surface area (Å²) in [5.41, 5.74) is 0.712. The van der Waals surface area contributed by atoms with Crippen molar-refractivity contribution in [1.29, 1.82) is 0 Å². The van der Waals surface area contributed by atoms with Crippen molar-refractivity contribution in [1.82, 2.24) is 29.4 Å². The summed E-state index contributed by atoms with van der Waals surface area (Å²) < 4.78 is 16.1. The lowest BCUT2D eigenvalue weighted by molar-refractivity contribution is 0.0130. The molecule has 0 bridgehead atoms. The molecule has 2 spiro atoms. The second kappa shape index (κ2) is 12.7. The zero-order valence-corrected chi connectivity index (χ0v) is 30.5. The van der Waals surface area contributed by atoms with Crippen LogP contribution in [0, 0.1) is 22.7 Å². The van der Waals surface area contributed by atoms with E-state index in [1.807, 2.05) is 49.9 Å². The fourth-order valence-corrected chi connectivity index (χ4v) is 8.91. The fourth-order valence-electron chi connectivity index (χ4n) is 8.07. The highest BCUT2D eigenvalue weighted by Gasteiger charge is 2.86. The molecule has 0 aromatic carbocycles. The van der Waals surface area contributed by atoms with Crippen molar-refractivity contribution in [2.75, 3.05) is 25.0 Å². The normalized spacial score (nSPS) is 21.1. The Morgan fingerprint density at radius 3 is 2.51 bits per heavy atom. The van der Waals surface area contributed by atoms with Gasteiger partial charge in [0, 0.05) is 48.8 Å². The van der Waals surface area contributed by atoms with E-state index in [1.165, 1.54) is 25.7 Å². The second-order valence-corrected chi connectivity index (χ2v) is 16.9. The van der Waals surface area contributed by atoms with Crippen molar-refractivity contribution in [3.63, 3.8) is 0 Å². The zero-order valence-electron chi connectivity index (χ0n) is 28.9. The first kappa shape index (κ1) is 34.0. The van der Waals surface area contributed by atoms with Gasteiger partial charge in [-0.3, -0.25) is 9.52 Å². The number of hydrogen-bond acceptors (Lipinski definition) is 9. The van der Waals surface area contributed by atoms with Crippen LogP contribution in [-0.4, -0.2) is 67.5 Å². The largest absolute Gasteiger partial charge is 0.476 e. The summed E-state index contributed by atoms with van der Waals surface area (Å²) in [6.07, 6.45) is 9.85. The van der Waals surface area contributed by atoms with Gasteiger partial charge in [0.1, 0.15) is 21.6 Å². The molecule has 3 aromatic heterocycles. The molecule has 49 heavy (non-hydrogen) atoms. The maximum atomic E-state index is 13.0. The Bertz CT molecular complexity index is 1710. The van der Waals surface area contributed by atoms with E-state index in [0.717, 1.165) is 50.2 Å². The summed E-state index contributed by atoms with van der Waals surface area (Å²) in [4.78, 5) is 36.6. The number of amides is 2. The number of pyridine rings is 2. The summed E-state index contributed by atoms with van der Waals surface area (Å²) in [6, 6.07) is 10.8. The first-order chi connectivity index (χ1) is 23.3. The SMILES string of the molecule is CC(C)(C)OC(=O)N1CC(CCCNc2cccc(SNC(=O)c3ccc(-n4ccc(OCC5C6(CC6)C56CC6)n4)nc3Cl)n2)CC1(C)C. The molecule has 3 saturated carbocycles. The molecule has 11 nitrogen and oxygen atoms in total. The molecule has 262 valence electrons. The number of anilines is 1. The van der Waals surface area contributed by atoms with Crippen LogP contribution in [0.4, 0.5) is 10.6 Å². The Balaban J connectivity index is 0.849. The highest BCUT2D eigenvalue weighted by Crippen LogP contribution is 2.92. The van der Waals surface area contributed by atoms with E-state index in [-0.39, 0.29) is 28.3 Å². The van der Waals surface area contributed by atoms with E-state index in [4.69, 9.17) is 21.1 Å². The summed E-state index contributed by atoms with van der Waals surface area (Å²) in [7, 11) is 0. The van der Waals surface area contributed by atoms with Crippen LogP contribution in [0.1, 0.15) is 89.9 Å². The summed E-state index contributed by atoms with van der Waals surface area (Å²) in [6.45, 7) is 12.1. The first-order valence-corrected chi connectivity index (χ1v) is 18.5. The van der Waals surface area contributed by atoms with Crippen LogP contribution >= 0.6 is 23.5 Å². The Kier molecular flexibility index (Phi) is 8.78. The molecule has 1 aliphatic heterocycles. The molecule has 4 heterocycles. The average Bonchev–Trinajstić information content (AvgIpc) is 3.99. The van der Waals surface area contributed by atoms with E-state index in [0.29, 0.717) is 45.9 Å². The molecule has 4 fully saturated rings. The van der Waals surface area contributed by atoms with Gasteiger partial charge in [-0.05, 0) is 121 Å². The van der Waals surface area contributed by atoms with Crippen LogP contribution in [0.5, 0.6) is 5.88 Å². The van der Waals surface area contributed by atoms with Gasteiger partial charge in [0.15, 0.2) is 5.82 Å². The molecule has 13 heteroatoms. The van der Waals surface area contributed by atoms with Crippen LogP contribution in [0.25, 0.3) is 5.82 Å². The number of carbonyl (C=O) groups excluding carboxylic acids is 2. The third kappa shape index (κ3) is 7.08. The van der Waals surface area contributed by atoms with E-state index in [9.17, 15) is 9.59 Å². The van der Waals surface area contributed by atoms with Crippen LogP contribution in [0.15, 0.2) is 47.6 Å². The number of likely N-dealkylation sites (tertiary alicyclic amines) is 1. The quantitative estimate of drug-likeness (QED) is 0.112. The molecule has 1 atom stereocenters. The lowest BCUT2D eigenvalue weighted by Gasteiger charge is -2.33. The third-order valence-corrected chi connectivity index (χ3v) is 11.7. The number of halogens is 1. The molecule has 7 rings (SSSR count). The van der Waals surface area contributed by atoms with Gasteiger partial charge < -0.3 is 19.7 Å². The molecule has 0 radical (unpaired) electrons. The van der Waals surface area contributed by atoms with Gasteiger partial charge in [0.25, 0.3) is 5.91 Å². The van der Waals surface area contributed by atoms with Crippen molar-refractivity contribution in [2.24, 2.45) is 22.7 Å². The van der Waals surface area contributed by atoms with Crippen molar-refractivity contribution in [3.05, 3.63) is 53.3 Å². The molecule has 1 unspecified atom stereocenters.